The number of amides is 1. The molecule has 10 heteroatoms. The molecular weight excluding hydrogens is 347 g/mol. The van der Waals surface area contributed by atoms with Gasteiger partial charge in [-0.3, -0.25) is 0 Å². The second-order valence-corrected chi connectivity index (χ2v) is 9.83. The van der Waals surface area contributed by atoms with E-state index in [1.165, 1.54) is 0 Å². The van der Waals surface area contributed by atoms with Gasteiger partial charge in [0.25, 0.3) is 0 Å². The topological polar surface area (TPSA) is 63.7 Å². The SMILES string of the molecule is CC(C)(C)OC(=O)N1CC2(CS(=O)(=O)Cl)CC2(C(F)(F)F)C1. The first-order valence-electron chi connectivity index (χ1n) is 6.58. The Morgan fingerprint density at radius 2 is 1.82 bits per heavy atom. The third-order valence-electron chi connectivity index (χ3n) is 4.13. The van der Waals surface area contributed by atoms with Crippen molar-refractivity contribution in [1.29, 1.82) is 0 Å². The Hall–Kier alpha value is -0.700. The van der Waals surface area contributed by atoms with Gasteiger partial charge in [-0.05, 0) is 27.2 Å². The van der Waals surface area contributed by atoms with E-state index < -0.39 is 50.0 Å². The molecular formula is C12H17ClF3NO4S. The molecule has 1 saturated carbocycles. The highest BCUT2D eigenvalue weighted by molar-refractivity contribution is 8.13. The average Bonchev–Trinajstić information content (AvgIpc) is 2.69. The number of hydrogen-bond donors (Lipinski definition) is 0. The number of carbonyl (C=O) groups is 1. The Kier molecular flexibility index (Phi) is 3.74. The van der Waals surface area contributed by atoms with Crippen LogP contribution in [0.4, 0.5) is 18.0 Å². The van der Waals surface area contributed by atoms with Gasteiger partial charge < -0.3 is 9.64 Å². The Balaban J connectivity index is 2.24. The van der Waals surface area contributed by atoms with Crippen molar-refractivity contribution in [3.8, 4) is 0 Å². The number of piperidine rings is 1. The standard InChI is InChI=1S/C12H17ClF3NO4S/c1-9(2,3)21-8(18)17-5-10(7-22(13,19)20)4-11(10,6-17)12(14,15)16/h4-7H2,1-3H3. The van der Waals surface area contributed by atoms with Crippen LogP contribution in [0.2, 0.25) is 0 Å². The fourth-order valence-corrected chi connectivity index (χ4v) is 4.98. The van der Waals surface area contributed by atoms with Crippen LogP contribution in [-0.4, -0.2) is 50.0 Å². The predicted molar refractivity (Wildman–Crippen MR) is 73.0 cm³/mol. The molecule has 0 bridgehead atoms. The molecule has 5 nitrogen and oxygen atoms in total. The molecule has 1 aliphatic heterocycles. The van der Waals surface area contributed by atoms with Gasteiger partial charge in [0.2, 0.25) is 9.05 Å². The van der Waals surface area contributed by atoms with Crippen LogP contribution >= 0.6 is 10.7 Å². The Morgan fingerprint density at radius 3 is 2.23 bits per heavy atom. The number of likely N-dealkylation sites (tertiary alicyclic amines) is 1. The number of rotatable bonds is 2. The highest BCUT2D eigenvalue weighted by Gasteiger charge is 2.84. The van der Waals surface area contributed by atoms with Crippen molar-refractivity contribution in [2.75, 3.05) is 18.8 Å². The summed E-state index contributed by atoms with van der Waals surface area (Å²) in [4.78, 5) is 12.9. The molecule has 2 unspecified atom stereocenters. The molecule has 1 aliphatic carbocycles. The number of hydrogen-bond acceptors (Lipinski definition) is 4. The van der Waals surface area contributed by atoms with E-state index in [-0.39, 0.29) is 13.0 Å². The lowest BCUT2D eigenvalue weighted by atomic mass is 9.97. The monoisotopic (exact) mass is 363 g/mol. The van der Waals surface area contributed by atoms with E-state index in [9.17, 15) is 26.4 Å². The van der Waals surface area contributed by atoms with E-state index in [0.717, 1.165) is 4.90 Å². The van der Waals surface area contributed by atoms with Crippen molar-refractivity contribution in [1.82, 2.24) is 4.90 Å². The maximum atomic E-state index is 13.4. The summed E-state index contributed by atoms with van der Waals surface area (Å²) < 4.78 is 67.7. The molecule has 2 fully saturated rings. The van der Waals surface area contributed by atoms with Crippen LogP contribution < -0.4 is 0 Å². The lowest BCUT2D eigenvalue weighted by Crippen LogP contribution is -2.39. The van der Waals surface area contributed by atoms with Gasteiger partial charge in [-0.25, -0.2) is 13.2 Å². The van der Waals surface area contributed by atoms with Crippen LogP contribution in [0.15, 0.2) is 0 Å². The third-order valence-corrected chi connectivity index (χ3v) is 5.35. The highest BCUT2D eigenvalue weighted by atomic mass is 35.7. The van der Waals surface area contributed by atoms with Crippen molar-refractivity contribution in [3.63, 3.8) is 0 Å². The zero-order chi connectivity index (χ0) is 17.2. The van der Waals surface area contributed by atoms with Crippen LogP contribution in [0.5, 0.6) is 0 Å². The van der Waals surface area contributed by atoms with Gasteiger partial charge in [-0.2, -0.15) is 13.2 Å². The summed E-state index contributed by atoms with van der Waals surface area (Å²) in [5.74, 6) is -0.805. The molecule has 2 rings (SSSR count). The van der Waals surface area contributed by atoms with Crippen LogP contribution in [0, 0.1) is 10.8 Å². The van der Waals surface area contributed by atoms with Gasteiger partial charge in [0.05, 0.1) is 11.2 Å². The van der Waals surface area contributed by atoms with Crippen molar-refractivity contribution in [2.45, 2.75) is 39.0 Å². The smallest absolute Gasteiger partial charge is 0.410 e. The number of nitrogens with zero attached hydrogens (tertiary/aromatic N) is 1. The first-order chi connectivity index (χ1) is 9.61. The maximum absolute atomic E-state index is 13.4. The second-order valence-electron chi connectivity index (χ2n) is 7.06. The van der Waals surface area contributed by atoms with E-state index in [2.05, 4.69) is 0 Å². The summed E-state index contributed by atoms with van der Waals surface area (Å²) in [5, 5.41) is 0. The number of halogens is 4. The zero-order valence-corrected chi connectivity index (χ0v) is 13.9. The summed E-state index contributed by atoms with van der Waals surface area (Å²) >= 11 is 0. The molecule has 22 heavy (non-hydrogen) atoms. The fraction of sp³-hybridized carbons (Fsp3) is 0.917. The van der Waals surface area contributed by atoms with E-state index in [0.29, 0.717) is 0 Å². The molecule has 0 radical (unpaired) electrons. The third kappa shape index (κ3) is 3.02. The van der Waals surface area contributed by atoms with Gasteiger partial charge in [-0.15, -0.1) is 0 Å². The van der Waals surface area contributed by atoms with Crippen molar-refractivity contribution >= 4 is 25.8 Å². The molecule has 1 saturated heterocycles. The maximum Gasteiger partial charge on any atom is 0.410 e. The molecule has 0 N–H and O–H groups in total. The number of ether oxygens (including phenoxy) is 1. The molecule has 1 heterocycles. The molecule has 1 amide bonds. The second kappa shape index (κ2) is 4.66. The molecule has 0 aromatic carbocycles. The summed E-state index contributed by atoms with van der Waals surface area (Å²) in [6.07, 6.45) is -5.82. The summed E-state index contributed by atoms with van der Waals surface area (Å²) in [6, 6.07) is 0. The molecule has 0 aromatic rings. The average molecular weight is 364 g/mol. The Morgan fingerprint density at radius 1 is 1.27 bits per heavy atom. The summed E-state index contributed by atoms with van der Waals surface area (Å²) in [5.41, 5.74) is -4.62. The minimum absolute atomic E-state index is 0.326. The lowest BCUT2D eigenvalue weighted by Gasteiger charge is -2.26. The van der Waals surface area contributed by atoms with Crippen LogP contribution in [0.25, 0.3) is 0 Å². The lowest BCUT2D eigenvalue weighted by molar-refractivity contribution is -0.191. The van der Waals surface area contributed by atoms with Crippen LogP contribution in [0.3, 0.4) is 0 Å². The minimum Gasteiger partial charge on any atom is -0.444 e. The van der Waals surface area contributed by atoms with Crippen LogP contribution in [0.1, 0.15) is 27.2 Å². The van der Waals surface area contributed by atoms with Crippen molar-refractivity contribution < 1.29 is 31.1 Å². The van der Waals surface area contributed by atoms with Crippen molar-refractivity contribution in [2.24, 2.45) is 10.8 Å². The molecule has 128 valence electrons. The minimum atomic E-state index is -4.61. The van der Waals surface area contributed by atoms with E-state index in [1.54, 1.807) is 20.8 Å². The van der Waals surface area contributed by atoms with Crippen LogP contribution in [-0.2, 0) is 13.8 Å². The molecule has 0 spiro atoms. The normalized spacial score (nSPS) is 31.9. The number of carbonyl (C=O) groups excluding carboxylic acids is 1. The highest BCUT2D eigenvalue weighted by Crippen LogP contribution is 2.75. The van der Waals surface area contributed by atoms with Gasteiger partial charge in [-0.1, -0.05) is 0 Å². The van der Waals surface area contributed by atoms with Gasteiger partial charge in [0, 0.05) is 29.2 Å². The Bertz CT molecular complexity index is 600. The van der Waals surface area contributed by atoms with Gasteiger partial charge in [0.15, 0.2) is 0 Å². The fourth-order valence-electron chi connectivity index (χ4n) is 3.22. The summed E-state index contributed by atoms with van der Waals surface area (Å²) in [7, 11) is 1.03. The van der Waals surface area contributed by atoms with Gasteiger partial charge in [0.1, 0.15) is 5.60 Å². The zero-order valence-electron chi connectivity index (χ0n) is 12.3. The predicted octanol–water partition coefficient (Wildman–Crippen LogP) is 2.74. The molecule has 0 aromatic heterocycles. The molecule has 2 aliphatic rings. The number of fused-ring (bicyclic) bond motifs is 1. The Labute approximate surface area is 131 Å². The van der Waals surface area contributed by atoms with E-state index >= 15 is 0 Å². The first-order valence-corrected chi connectivity index (χ1v) is 9.06. The molecule has 2 atom stereocenters. The largest absolute Gasteiger partial charge is 0.444 e. The van der Waals surface area contributed by atoms with Gasteiger partial charge >= 0.3 is 12.3 Å². The van der Waals surface area contributed by atoms with E-state index in [1.807, 2.05) is 0 Å². The van der Waals surface area contributed by atoms with Crippen molar-refractivity contribution in [3.05, 3.63) is 0 Å². The summed E-state index contributed by atoms with van der Waals surface area (Å²) in [6.45, 7) is 3.87. The quantitative estimate of drug-likeness (QED) is 0.708. The first kappa shape index (κ1) is 17.7. The van der Waals surface area contributed by atoms with E-state index in [4.69, 9.17) is 15.4 Å². The number of alkyl halides is 3.